The molecule has 0 aliphatic heterocycles. The van der Waals surface area contributed by atoms with Crippen LogP contribution in [-0.2, 0) is 25.7 Å². The normalized spacial score (nSPS) is 13.1. The van der Waals surface area contributed by atoms with Crippen LogP contribution in [0.25, 0.3) is 0 Å². The van der Waals surface area contributed by atoms with Crippen molar-refractivity contribution in [2.24, 2.45) is 5.92 Å². The Hall–Kier alpha value is -3.26. The minimum absolute atomic E-state index is 0.113. The molecule has 178 valence electrons. The van der Waals surface area contributed by atoms with Crippen molar-refractivity contribution < 1.29 is 28.7 Å². The van der Waals surface area contributed by atoms with E-state index in [-0.39, 0.29) is 13.0 Å². The lowest BCUT2D eigenvalue weighted by Crippen LogP contribution is -2.37. The zero-order chi connectivity index (χ0) is 24.4. The van der Waals surface area contributed by atoms with E-state index in [0.29, 0.717) is 17.9 Å². The Morgan fingerprint density at radius 2 is 1.67 bits per heavy atom. The smallest absolute Gasteiger partial charge is 0.375 e. The van der Waals surface area contributed by atoms with Crippen LogP contribution in [0.15, 0.2) is 54.6 Å². The van der Waals surface area contributed by atoms with Gasteiger partial charge >= 0.3 is 5.97 Å². The van der Waals surface area contributed by atoms with E-state index < -0.39 is 40.7 Å². The fourth-order valence-electron chi connectivity index (χ4n) is 3.55. The molecule has 2 rings (SSSR count). The summed E-state index contributed by atoms with van der Waals surface area (Å²) < 4.78 is 16.4. The first-order chi connectivity index (χ1) is 15.6. The molecule has 0 saturated carbocycles. The van der Waals surface area contributed by atoms with E-state index in [2.05, 4.69) is 0 Å². The number of esters is 1. The lowest BCUT2D eigenvalue weighted by Gasteiger charge is -2.26. The van der Waals surface area contributed by atoms with E-state index in [1.165, 1.54) is 7.11 Å². The maximum atomic E-state index is 13.2. The van der Waals surface area contributed by atoms with Crippen molar-refractivity contribution in [3.63, 3.8) is 0 Å². The average molecular weight is 458 g/mol. The molecule has 8 heteroatoms. The van der Waals surface area contributed by atoms with Gasteiger partial charge in [-0.2, -0.15) is 0 Å². The van der Waals surface area contributed by atoms with Gasteiger partial charge in [0.25, 0.3) is 0 Å². The Labute approximate surface area is 194 Å². The maximum absolute atomic E-state index is 13.2. The van der Waals surface area contributed by atoms with E-state index in [9.17, 15) is 19.7 Å². The van der Waals surface area contributed by atoms with Gasteiger partial charge < -0.3 is 14.2 Å². The SMILES string of the molecule is COc1ccccc1[C@@H](C[N+](=O)[O-])[C@@H](CCOCc1ccccc1)C(=O)C(=O)OC(C)(C)C. The van der Waals surface area contributed by atoms with E-state index in [4.69, 9.17) is 14.2 Å². The van der Waals surface area contributed by atoms with Crippen LogP contribution in [0.3, 0.4) is 0 Å². The third-order valence-corrected chi connectivity index (χ3v) is 4.99. The number of ketones is 1. The number of carbonyl (C=O) groups is 2. The molecule has 0 aliphatic carbocycles. The highest BCUT2D eigenvalue weighted by molar-refractivity contribution is 6.34. The van der Waals surface area contributed by atoms with Gasteiger partial charge in [-0.3, -0.25) is 14.9 Å². The molecular formula is C25H31NO7. The minimum Gasteiger partial charge on any atom is -0.496 e. The second kappa shape index (κ2) is 12.1. The molecule has 0 heterocycles. The van der Waals surface area contributed by atoms with Crippen molar-refractivity contribution in [2.45, 2.75) is 45.3 Å². The third kappa shape index (κ3) is 8.31. The van der Waals surface area contributed by atoms with E-state index in [0.717, 1.165) is 5.56 Å². The predicted octanol–water partition coefficient (Wildman–Crippen LogP) is 4.19. The van der Waals surface area contributed by atoms with Crippen LogP contribution in [0.5, 0.6) is 5.75 Å². The number of methoxy groups -OCH3 is 1. The van der Waals surface area contributed by atoms with Gasteiger partial charge in [0, 0.05) is 23.0 Å². The quantitative estimate of drug-likeness (QED) is 0.155. The van der Waals surface area contributed by atoms with Gasteiger partial charge in [-0.15, -0.1) is 0 Å². The molecule has 0 aliphatic rings. The summed E-state index contributed by atoms with van der Waals surface area (Å²) in [5.41, 5.74) is 0.574. The molecular weight excluding hydrogens is 426 g/mol. The second-order valence-electron chi connectivity index (χ2n) is 8.66. The highest BCUT2D eigenvalue weighted by atomic mass is 16.6. The minimum atomic E-state index is -1.02. The first-order valence-electron chi connectivity index (χ1n) is 10.8. The first-order valence-corrected chi connectivity index (χ1v) is 10.8. The van der Waals surface area contributed by atoms with Crippen LogP contribution in [0, 0.1) is 16.0 Å². The molecule has 0 unspecified atom stereocenters. The molecule has 0 saturated heterocycles. The molecule has 2 atom stereocenters. The Morgan fingerprint density at radius 1 is 1.03 bits per heavy atom. The fourth-order valence-corrected chi connectivity index (χ4v) is 3.55. The summed E-state index contributed by atoms with van der Waals surface area (Å²) in [6.45, 7) is 4.89. The summed E-state index contributed by atoms with van der Waals surface area (Å²) in [6, 6.07) is 16.3. The largest absolute Gasteiger partial charge is 0.496 e. The van der Waals surface area contributed by atoms with Gasteiger partial charge in [0.15, 0.2) is 0 Å². The number of para-hydroxylation sites is 1. The summed E-state index contributed by atoms with van der Waals surface area (Å²) in [7, 11) is 1.45. The monoisotopic (exact) mass is 457 g/mol. The molecule has 0 N–H and O–H groups in total. The number of Topliss-reactive ketones (excluding diaryl/α,β-unsaturated/α-hetero) is 1. The molecule has 0 amide bonds. The van der Waals surface area contributed by atoms with Crippen molar-refractivity contribution in [2.75, 3.05) is 20.3 Å². The zero-order valence-electron chi connectivity index (χ0n) is 19.5. The average Bonchev–Trinajstić information content (AvgIpc) is 2.77. The Bertz CT molecular complexity index is 937. The number of rotatable bonds is 12. The number of nitro groups is 1. The summed E-state index contributed by atoms with van der Waals surface area (Å²) in [6.07, 6.45) is 0.113. The predicted molar refractivity (Wildman–Crippen MR) is 123 cm³/mol. The molecule has 8 nitrogen and oxygen atoms in total. The highest BCUT2D eigenvalue weighted by Gasteiger charge is 2.39. The molecule has 0 aromatic heterocycles. The van der Waals surface area contributed by atoms with Gasteiger partial charge in [0.1, 0.15) is 11.4 Å². The van der Waals surface area contributed by atoms with E-state index in [1.54, 1.807) is 45.0 Å². The lowest BCUT2D eigenvalue weighted by molar-refractivity contribution is -0.484. The van der Waals surface area contributed by atoms with E-state index in [1.807, 2.05) is 30.3 Å². The van der Waals surface area contributed by atoms with Crippen LogP contribution in [0.4, 0.5) is 0 Å². The molecule has 2 aromatic carbocycles. The lowest BCUT2D eigenvalue weighted by atomic mass is 9.80. The summed E-state index contributed by atoms with van der Waals surface area (Å²) in [5.74, 6) is -3.32. The number of carbonyl (C=O) groups excluding carboxylic acids is 2. The fraction of sp³-hybridized carbons (Fsp3) is 0.440. The highest BCUT2D eigenvalue weighted by Crippen LogP contribution is 2.35. The maximum Gasteiger partial charge on any atom is 0.375 e. The Kier molecular flexibility index (Phi) is 9.54. The summed E-state index contributed by atoms with van der Waals surface area (Å²) in [5, 5.41) is 11.5. The number of hydrogen-bond acceptors (Lipinski definition) is 7. The van der Waals surface area contributed by atoms with Gasteiger partial charge in [-0.05, 0) is 38.8 Å². The third-order valence-electron chi connectivity index (χ3n) is 4.99. The number of hydrogen-bond donors (Lipinski definition) is 0. The van der Waals surface area contributed by atoms with Crippen LogP contribution < -0.4 is 4.74 Å². The Balaban J connectivity index is 2.31. The van der Waals surface area contributed by atoms with Gasteiger partial charge in [0.2, 0.25) is 12.3 Å². The molecule has 0 radical (unpaired) electrons. The zero-order valence-corrected chi connectivity index (χ0v) is 19.5. The Morgan fingerprint density at radius 3 is 2.27 bits per heavy atom. The van der Waals surface area contributed by atoms with Crippen molar-refractivity contribution in [3.05, 3.63) is 75.8 Å². The van der Waals surface area contributed by atoms with Crippen LogP contribution in [0.2, 0.25) is 0 Å². The van der Waals surface area contributed by atoms with Crippen LogP contribution in [-0.4, -0.2) is 42.5 Å². The van der Waals surface area contributed by atoms with Gasteiger partial charge in [-0.25, -0.2) is 4.79 Å². The van der Waals surface area contributed by atoms with Crippen molar-refractivity contribution in [3.8, 4) is 5.75 Å². The van der Waals surface area contributed by atoms with Gasteiger partial charge in [-0.1, -0.05) is 48.5 Å². The first kappa shape index (κ1) is 26.0. The van der Waals surface area contributed by atoms with E-state index >= 15 is 0 Å². The second-order valence-corrected chi connectivity index (χ2v) is 8.66. The van der Waals surface area contributed by atoms with Crippen molar-refractivity contribution in [1.82, 2.24) is 0 Å². The summed E-state index contributed by atoms with van der Waals surface area (Å²) in [4.78, 5) is 36.8. The number of ether oxygens (including phenoxy) is 3. The van der Waals surface area contributed by atoms with Crippen LogP contribution >= 0.6 is 0 Å². The molecule has 0 bridgehead atoms. The molecule has 2 aromatic rings. The van der Waals surface area contributed by atoms with Crippen LogP contribution in [0.1, 0.15) is 44.2 Å². The molecule has 33 heavy (non-hydrogen) atoms. The van der Waals surface area contributed by atoms with Gasteiger partial charge in [0.05, 0.1) is 19.6 Å². The molecule has 0 spiro atoms. The topological polar surface area (TPSA) is 105 Å². The number of benzene rings is 2. The molecule has 0 fully saturated rings. The number of nitrogens with zero attached hydrogens (tertiary/aromatic N) is 1. The standard InChI is InChI=1S/C25H31NO7/c1-25(2,3)33-24(28)23(27)20(14-15-32-17-18-10-6-5-7-11-18)21(16-26(29)30)19-12-8-9-13-22(19)31-4/h5-13,20-21H,14-17H2,1-4H3/t20-,21-/m1/s1. The van der Waals surface area contributed by atoms with Crippen molar-refractivity contribution >= 4 is 11.8 Å². The van der Waals surface area contributed by atoms with Crippen molar-refractivity contribution in [1.29, 1.82) is 0 Å². The summed E-state index contributed by atoms with van der Waals surface area (Å²) >= 11 is 0.